The quantitative estimate of drug-likeness (QED) is 0.437. The number of rotatable bonds is 5. The molecule has 0 aliphatic carbocycles. The fourth-order valence-electron chi connectivity index (χ4n) is 4.20. The van der Waals surface area contributed by atoms with E-state index >= 15 is 0 Å². The van der Waals surface area contributed by atoms with E-state index in [4.69, 9.17) is 4.74 Å². The Morgan fingerprint density at radius 1 is 1.18 bits per heavy atom. The van der Waals surface area contributed by atoms with Gasteiger partial charge in [-0.15, -0.1) is 0 Å². The van der Waals surface area contributed by atoms with Crippen molar-refractivity contribution >= 4 is 23.3 Å². The van der Waals surface area contributed by atoms with Gasteiger partial charge in [0.25, 0.3) is 11.6 Å². The zero-order valence-corrected chi connectivity index (χ0v) is 16.4. The number of benzene rings is 1. The van der Waals surface area contributed by atoms with Crippen LogP contribution in [0.2, 0.25) is 0 Å². The van der Waals surface area contributed by atoms with Crippen LogP contribution >= 0.6 is 0 Å². The molecular formula is C20H27N3O5. The van der Waals surface area contributed by atoms with Crippen LogP contribution in [0.5, 0.6) is 0 Å². The zero-order valence-electron chi connectivity index (χ0n) is 16.4. The highest BCUT2D eigenvalue weighted by molar-refractivity contribution is 5.97. The minimum Gasteiger partial charge on any atom is -0.452 e. The molecule has 0 aromatic heterocycles. The molecule has 2 aliphatic rings. The van der Waals surface area contributed by atoms with Crippen LogP contribution in [0.3, 0.4) is 0 Å². The van der Waals surface area contributed by atoms with Crippen molar-refractivity contribution in [2.45, 2.75) is 33.1 Å². The van der Waals surface area contributed by atoms with Crippen molar-refractivity contribution in [1.29, 1.82) is 0 Å². The summed E-state index contributed by atoms with van der Waals surface area (Å²) in [6, 6.07) is 4.23. The van der Waals surface area contributed by atoms with Gasteiger partial charge in [0, 0.05) is 38.3 Å². The molecule has 0 radical (unpaired) electrons. The van der Waals surface area contributed by atoms with Gasteiger partial charge < -0.3 is 14.5 Å². The van der Waals surface area contributed by atoms with Crippen LogP contribution in [-0.2, 0) is 9.53 Å². The van der Waals surface area contributed by atoms with Crippen LogP contribution in [-0.4, -0.2) is 54.5 Å². The lowest BCUT2D eigenvalue weighted by Gasteiger charge is -2.34. The maximum absolute atomic E-state index is 12.7. The smallest absolute Gasteiger partial charge is 0.341 e. The first kappa shape index (κ1) is 20.1. The van der Waals surface area contributed by atoms with E-state index in [9.17, 15) is 19.7 Å². The highest BCUT2D eigenvalue weighted by Gasteiger charge is 2.27. The number of non-ortho nitro benzene ring substituents is 1. The van der Waals surface area contributed by atoms with Crippen LogP contribution in [0.15, 0.2) is 18.2 Å². The largest absolute Gasteiger partial charge is 0.452 e. The topological polar surface area (TPSA) is 93.0 Å². The molecule has 8 heteroatoms. The Balaban J connectivity index is 1.71. The Bertz CT molecular complexity index is 750. The van der Waals surface area contributed by atoms with Crippen LogP contribution in [0.25, 0.3) is 0 Å². The summed E-state index contributed by atoms with van der Waals surface area (Å²) >= 11 is 0. The van der Waals surface area contributed by atoms with Gasteiger partial charge in [-0.2, -0.15) is 0 Å². The predicted molar refractivity (Wildman–Crippen MR) is 104 cm³/mol. The van der Waals surface area contributed by atoms with Crippen LogP contribution in [0.1, 0.15) is 43.5 Å². The lowest BCUT2D eigenvalue weighted by Crippen LogP contribution is -2.44. The molecule has 2 heterocycles. The molecule has 3 rings (SSSR count). The molecule has 2 saturated heterocycles. The molecule has 0 unspecified atom stereocenters. The number of likely N-dealkylation sites (tertiary alicyclic amines) is 1. The average molecular weight is 389 g/mol. The normalized spacial score (nSPS) is 22.2. The van der Waals surface area contributed by atoms with Crippen molar-refractivity contribution in [3.63, 3.8) is 0 Å². The summed E-state index contributed by atoms with van der Waals surface area (Å²) in [5.41, 5.74) is 0.602. The van der Waals surface area contributed by atoms with Crippen molar-refractivity contribution in [3.05, 3.63) is 33.9 Å². The first-order valence-corrected chi connectivity index (χ1v) is 9.83. The maximum Gasteiger partial charge on any atom is 0.341 e. The van der Waals surface area contributed by atoms with E-state index in [1.807, 2.05) is 4.90 Å². The Hall–Kier alpha value is -2.64. The average Bonchev–Trinajstić information content (AvgIpc) is 3.19. The van der Waals surface area contributed by atoms with E-state index in [1.54, 1.807) is 11.0 Å². The molecule has 0 N–H and O–H groups in total. The Labute approximate surface area is 164 Å². The predicted octanol–water partition coefficient (Wildman–Crippen LogP) is 2.86. The summed E-state index contributed by atoms with van der Waals surface area (Å²) in [7, 11) is 0. The van der Waals surface area contributed by atoms with E-state index < -0.39 is 10.9 Å². The van der Waals surface area contributed by atoms with Crippen molar-refractivity contribution < 1.29 is 19.2 Å². The number of nitro benzene ring substituents is 1. The molecule has 2 aliphatic heterocycles. The van der Waals surface area contributed by atoms with Crippen LogP contribution in [0.4, 0.5) is 11.4 Å². The van der Waals surface area contributed by atoms with E-state index in [0.29, 0.717) is 30.6 Å². The van der Waals surface area contributed by atoms with E-state index in [1.165, 1.54) is 12.1 Å². The van der Waals surface area contributed by atoms with Gasteiger partial charge in [-0.05, 0) is 37.2 Å². The summed E-state index contributed by atoms with van der Waals surface area (Å²) in [5.74, 6) is -0.0825. The number of carbonyl (C=O) groups excluding carboxylic acids is 2. The van der Waals surface area contributed by atoms with E-state index in [0.717, 1.165) is 32.4 Å². The fraction of sp³-hybridized carbons (Fsp3) is 0.600. The summed E-state index contributed by atoms with van der Waals surface area (Å²) < 4.78 is 5.27. The van der Waals surface area contributed by atoms with E-state index in [-0.39, 0.29) is 23.8 Å². The minimum absolute atomic E-state index is 0.143. The molecular weight excluding hydrogens is 362 g/mol. The van der Waals surface area contributed by atoms with Gasteiger partial charge in [0.15, 0.2) is 6.61 Å². The Morgan fingerprint density at radius 2 is 1.82 bits per heavy atom. The number of hydrogen-bond donors (Lipinski definition) is 0. The van der Waals surface area contributed by atoms with Gasteiger partial charge in [0.2, 0.25) is 0 Å². The van der Waals surface area contributed by atoms with Crippen molar-refractivity contribution in [2.75, 3.05) is 37.7 Å². The van der Waals surface area contributed by atoms with Gasteiger partial charge >= 0.3 is 5.97 Å². The Morgan fingerprint density at radius 3 is 2.43 bits per heavy atom. The third-order valence-corrected chi connectivity index (χ3v) is 5.41. The molecule has 8 nitrogen and oxygen atoms in total. The van der Waals surface area contributed by atoms with E-state index in [2.05, 4.69) is 13.8 Å². The lowest BCUT2D eigenvalue weighted by atomic mass is 9.92. The maximum atomic E-state index is 12.7. The first-order chi connectivity index (χ1) is 13.3. The second kappa shape index (κ2) is 8.58. The summed E-state index contributed by atoms with van der Waals surface area (Å²) in [6.07, 6.45) is 3.10. The number of nitro groups is 1. The first-order valence-electron chi connectivity index (χ1n) is 9.83. The zero-order chi connectivity index (χ0) is 20.3. The summed E-state index contributed by atoms with van der Waals surface area (Å²) in [6.45, 7) is 6.77. The molecule has 1 amide bonds. The van der Waals surface area contributed by atoms with Crippen molar-refractivity contribution in [3.8, 4) is 0 Å². The van der Waals surface area contributed by atoms with Crippen molar-refractivity contribution in [2.24, 2.45) is 11.8 Å². The fourth-order valence-corrected chi connectivity index (χ4v) is 4.20. The summed E-state index contributed by atoms with van der Waals surface area (Å²) in [4.78, 5) is 39.5. The number of nitrogens with zero attached hydrogens (tertiary/aromatic N) is 3. The molecule has 28 heavy (non-hydrogen) atoms. The number of esters is 1. The molecule has 2 fully saturated rings. The van der Waals surface area contributed by atoms with Gasteiger partial charge in [0.1, 0.15) is 0 Å². The minimum atomic E-state index is -0.697. The summed E-state index contributed by atoms with van der Waals surface area (Å²) in [5, 5.41) is 11.1. The third kappa shape index (κ3) is 4.61. The number of anilines is 1. The molecule has 1 aromatic carbocycles. The number of ether oxygens (including phenoxy) is 1. The van der Waals surface area contributed by atoms with Gasteiger partial charge in [-0.3, -0.25) is 14.9 Å². The van der Waals surface area contributed by atoms with Crippen LogP contribution < -0.4 is 4.90 Å². The lowest BCUT2D eigenvalue weighted by molar-refractivity contribution is -0.384. The second-order valence-electron chi connectivity index (χ2n) is 7.97. The standard InChI is InChI=1S/C20H27N3O5/c1-14-9-15(2)12-22(11-14)19(24)13-28-20(25)17-10-16(23(26)27)5-6-18(17)21-7-3-4-8-21/h5-6,10,14-15H,3-4,7-9,11-13H2,1-2H3/t14-,15-/m1/s1. The third-order valence-electron chi connectivity index (χ3n) is 5.41. The molecule has 0 saturated carbocycles. The monoisotopic (exact) mass is 389 g/mol. The molecule has 2 atom stereocenters. The number of amides is 1. The van der Waals surface area contributed by atoms with Gasteiger partial charge in [-0.1, -0.05) is 13.8 Å². The highest BCUT2D eigenvalue weighted by atomic mass is 16.6. The van der Waals surface area contributed by atoms with Crippen molar-refractivity contribution in [1.82, 2.24) is 4.90 Å². The van der Waals surface area contributed by atoms with Gasteiger partial charge in [-0.25, -0.2) is 4.79 Å². The molecule has 1 aromatic rings. The number of hydrogen-bond acceptors (Lipinski definition) is 6. The number of carbonyl (C=O) groups is 2. The number of piperidine rings is 1. The molecule has 0 spiro atoms. The molecule has 0 bridgehead atoms. The highest BCUT2D eigenvalue weighted by Crippen LogP contribution is 2.29. The Kier molecular flexibility index (Phi) is 6.16. The SMILES string of the molecule is C[C@@H]1C[C@@H](C)CN(C(=O)COC(=O)c2cc([N+](=O)[O-])ccc2N2CCCC2)C1. The second-order valence-corrected chi connectivity index (χ2v) is 7.97. The van der Waals surface area contributed by atoms with Crippen LogP contribution in [0, 0.1) is 22.0 Å². The molecule has 152 valence electrons. The van der Waals surface area contributed by atoms with Gasteiger partial charge in [0.05, 0.1) is 16.2 Å².